The molecule has 2 unspecified atom stereocenters. The number of H-pyrrole nitrogens is 1. The van der Waals surface area contributed by atoms with E-state index in [1.165, 1.54) is 0 Å². The Labute approximate surface area is 136 Å². The Kier molecular flexibility index (Phi) is 5.73. The molecule has 2 N–H and O–H groups in total. The van der Waals surface area contributed by atoms with Crippen molar-refractivity contribution in [3.05, 3.63) is 41.5 Å². The Balaban J connectivity index is 1.97. The van der Waals surface area contributed by atoms with E-state index < -0.39 is 0 Å². The zero-order chi connectivity index (χ0) is 16.8. The molecule has 0 aliphatic rings. The minimum atomic E-state index is -0.162. The van der Waals surface area contributed by atoms with Gasteiger partial charge in [0.25, 0.3) is 0 Å². The lowest BCUT2D eigenvalue weighted by atomic mass is 9.97. The highest BCUT2D eigenvalue weighted by atomic mass is 16.5. The lowest BCUT2D eigenvalue weighted by molar-refractivity contribution is -0.122. The van der Waals surface area contributed by atoms with E-state index in [1.54, 1.807) is 7.11 Å². The summed E-state index contributed by atoms with van der Waals surface area (Å²) >= 11 is 0. The molecule has 23 heavy (non-hydrogen) atoms. The van der Waals surface area contributed by atoms with Gasteiger partial charge in [-0.3, -0.25) is 9.89 Å². The molecule has 0 spiro atoms. The fourth-order valence-electron chi connectivity index (χ4n) is 2.46. The Morgan fingerprint density at radius 1 is 1.43 bits per heavy atom. The summed E-state index contributed by atoms with van der Waals surface area (Å²) in [5.74, 6) is 2.29. The molecule has 2 aromatic rings. The first-order valence-corrected chi connectivity index (χ1v) is 7.85. The normalized spacial score (nSPS) is 13.4. The summed E-state index contributed by atoms with van der Waals surface area (Å²) in [6, 6.07) is 7.65. The molecule has 0 saturated heterocycles. The number of hydrogen-bond acceptors (Lipinski definition) is 4. The molecule has 0 aliphatic heterocycles. The van der Waals surface area contributed by atoms with Crippen LogP contribution in [0.1, 0.15) is 55.9 Å². The number of carbonyl (C=O) groups excluding carboxylic acids is 1. The lowest BCUT2D eigenvalue weighted by Crippen LogP contribution is -2.29. The standard InChI is InChI=1S/C17H24N4O2/c1-5-15(17-18-12(3)20-21-17)19-16(22)9-11(2)13-7-6-8-14(10-13)23-4/h6-8,10-11,15H,5,9H2,1-4H3,(H,19,22)(H,18,20,21). The van der Waals surface area contributed by atoms with E-state index >= 15 is 0 Å². The predicted octanol–water partition coefficient (Wildman–Crippen LogP) is 2.88. The Morgan fingerprint density at radius 2 is 2.22 bits per heavy atom. The van der Waals surface area contributed by atoms with Gasteiger partial charge in [0.2, 0.25) is 5.91 Å². The Hall–Kier alpha value is -2.37. The highest BCUT2D eigenvalue weighted by Crippen LogP contribution is 2.23. The molecule has 2 rings (SSSR count). The van der Waals surface area contributed by atoms with Gasteiger partial charge in [-0.15, -0.1) is 0 Å². The van der Waals surface area contributed by atoms with E-state index in [0.717, 1.165) is 23.6 Å². The maximum absolute atomic E-state index is 12.3. The van der Waals surface area contributed by atoms with E-state index in [9.17, 15) is 4.79 Å². The molecule has 6 heteroatoms. The average molecular weight is 316 g/mol. The van der Waals surface area contributed by atoms with Gasteiger partial charge in [0.15, 0.2) is 5.82 Å². The van der Waals surface area contributed by atoms with E-state index in [0.29, 0.717) is 12.2 Å². The first-order chi connectivity index (χ1) is 11.0. The molecular formula is C17H24N4O2. The quantitative estimate of drug-likeness (QED) is 0.823. The van der Waals surface area contributed by atoms with Crippen LogP contribution in [-0.4, -0.2) is 28.2 Å². The molecule has 1 heterocycles. The van der Waals surface area contributed by atoms with E-state index in [1.807, 2.05) is 45.0 Å². The van der Waals surface area contributed by atoms with Crippen molar-refractivity contribution in [1.29, 1.82) is 0 Å². The van der Waals surface area contributed by atoms with Gasteiger partial charge in [-0.1, -0.05) is 26.0 Å². The third-order valence-electron chi connectivity index (χ3n) is 3.82. The second-order valence-electron chi connectivity index (χ2n) is 5.69. The molecule has 1 amide bonds. The molecule has 0 radical (unpaired) electrons. The molecule has 1 aromatic carbocycles. The van der Waals surface area contributed by atoms with Crippen molar-refractivity contribution in [2.75, 3.05) is 7.11 Å². The number of nitrogens with one attached hydrogen (secondary N) is 2. The SMILES string of the molecule is CCC(NC(=O)CC(C)c1cccc(OC)c1)c1n[nH]c(C)n1. The summed E-state index contributed by atoms with van der Waals surface area (Å²) in [4.78, 5) is 16.6. The smallest absolute Gasteiger partial charge is 0.221 e. The third kappa shape index (κ3) is 4.55. The number of amides is 1. The third-order valence-corrected chi connectivity index (χ3v) is 3.82. The fraction of sp³-hybridized carbons (Fsp3) is 0.471. The van der Waals surface area contributed by atoms with Crippen LogP contribution in [0.25, 0.3) is 0 Å². The van der Waals surface area contributed by atoms with Crippen LogP contribution in [0.2, 0.25) is 0 Å². The van der Waals surface area contributed by atoms with E-state index in [-0.39, 0.29) is 17.9 Å². The molecule has 0 saturated carbocycles. The van der Waals surface area contributed by atoms with Crippen LogP contribution in [0.3, 0.4) is 0 Å². The van der Waals surface area contributed by atoms with Crippen molar-refractivity contribution in [1.82, 2.24) is 20.5 Å². The number of rotatable bonds is 7. The van der Waals surface area contributed by atoms with Crippen LogP contribution in [0, 0.1) is 6.92 Å². The van der Waals surface area contributed by atoms with Crippen molar-refractivity contribution >= 4 is 5.91 Å². The second kappa shape index (κ2) is 7.76. The minimum absolute atomic E-state index is 0.00498. The minimum Gasteiger partial charge on any atom is -0.497 e. The molecule has 124 valence electrons. The van der Waals surface area contributed by atoms with Crippen LogP contribution >= 0.6 is 0 Å². The van der Waals surface area contributed by atoms with Crippen LogP contribution in [0.4, 0.5) is 0 Å². The first kappa shape index (κ1) is 17.0. The van der Waals surface area contributed by atoms with Gasteiger partial charge in [0.1, 0.15) is 11.6 Å². The van der Waals surface area contributed by atoms with E-state index in [4.69, 9.17) is 4.74 Å². The number of benzene rings is 1. The number of methoxy groups -OCH3 is 1. The number of aryl methyl sites for hydroxylation is 1. The number of nitrogens with zero attached hydrogens (tertiary/aromatic N) is 2. The number of hydrogen-bond donors (Lipinski definition) is 2. The molecule has 1 aromatic heterocycles. The number of aromatic nitrogens is 3. The number of ether oxygens (including phenoxy) is 1. The number of carbonyl (C=O) groups is 1. The summed E-state index contributed by atoms with van der Waals surface area (Å²) in [5.41, 5.74) is 1.08. The first-order valence-electron chi connectivity index (χ1n) is 7.85. The Morgan fingerprint density at radius 3 is 2.83 bits per heavy atom. The maximum atomic E-state index is 12.3. The molecular weight excluding hydrogens is 292 g/mol. The zero-order valence-electron chi connectivity index (χ0n) is 14.1. The fourth-order valence-corrected chi connectivity index (χ4v) is 2.46. The van der Waals surface area contributed by atoms with Crippen LogP contribution < -0.4 is 10.1 Å². The van der Waals surface area contributed by atoms with Gasteiger partial charge < -0.3 is 10.1 Å². The molecule has 0 bridgehead atoms. The monoisotopic (exact) mass is 316 g/mol. The van der Waals surface area contributed by atoms with Gasteiger partial charge >= 0.3 is 0 Å². The summed E-state index contributed by atoms with van der Waals surface area (Å²) in [6.45, 7) is 5.88. The van der Waals surface area contributed by atoms with Crippen molar-refractivity contribution < 1.29 is 9.53 Å². The molecule has 6 nitrogen and oxygen atoms in total. The summed E-state index contributed by atoms with van der Waals surface area (Å²) < 4.78 is 5.23. The topological polar surface area (TPSA) is 79.9 Å². The van der Waals surface area contributed by atoms with E-state index in [2.05, 4.69) is 20.5 Å². The van der Waals surface area contributed by atoms with Gasteiger partial charge in [0, 0.05) is 6.42 Å². The average Bonchev–Trinajstić information content (AvgIpc) is 2.98. The lowest BCUT2D eigenvalue weighted by Gasteiger charge is -2.17. The van der Waals surface area contributed by atoms with Crippen molar-refractivity contribution in [2.45, 2.75) is 45.6 Å². The van der Waals surface area contributed by atoms with Crippen LogP contribution in [-0.2, 0) is 4.79 Å². The van der Waals surface area contributed by atoms with Crippen molar-refractivity contribution in [3.63, 3.8) is 0 Å². The highest BCUT2D eigenvalue weighted by Gasteiger charge is 2.19. The summed E-state index contributed by atoms with van der Waals surface area (Å²) in [7, 11) is 1.64. The Bertz CT molecular complexity index is 654. The molecule has 0 aliphatic carbocycles. The molecule has 2 atom stereocenters. The van der Waals surface area contributed by atoms with Gasteiger partial charge in [-0.05, 0) is 37.0 Å². The van der Waals surface area contributed by atoms with Crippen molar-refractivity contribution in [3.8, 4) is 5.75 Å². The van der Waals surface area contributed by atoms with Crippen LogP contribution in [0.15, 0.2) is 24.3 Å². The summed E-state index contributed by atoms with van der Waals surface area (Å²) in [6.07, 6.45) is 1.16. The highest BCUT2D eigenvalue weighted by molar-refractivity contribution is 5.77. The maximum Gasteiger partial charge on any atom is 0.221 e. The van der Waals surface area contributed by atoms with Gasteiger partial charge in [-0.25, -0.2) is 4.98 Å². The largest absolute Gasteiger partial charge is 0.497 e. The second-order valence-corrected chi connectivity index (χ2v) is 5.69. The van der Waals surface area contributed by atoms with Gasteiger partial charge in [-0.2, -0.15) is 5.10 Å². The van der Waals surface area contributed by atoms with Crippen LogP contribution in [0.5, 0.6) is 5.75 Å². The van der Waals surface area contributed by atoms with Crippen molar-refractivity contribution in [2.24, 2.45) is 0 Å². The van der Waals surface area contributed by atoms with Gasteiger partial charge in [0.05, 0.1) is 13.2 Å². The number of aromatic amines is 1. The molecule has 0 fully saturated rings. The zero-order valence-corrected chi connectivity index (χ0v) is 14.1. The summed E-state index contributed by atoms with van der Waals surface area (Å²) in [5, 5.41) is 9.95. The predicted molar refractivity (Wildman–Crippen MR) is 88.3 cm³/mol.